The van der Waals surface area contributed by atoms with Crippen LogP contribution in [0.3, 0.4) is 0 Å². The molecule has 3 unspecified atom stereocenters. The van der Waals surface area contributed by atoms with Gasteiger partial charge in [0.1, 0.15) is 16.8 Å². The van der Waals surface area contributed by atoms with E-state index in [1.807, 2.05) is 4.31 Å². The van der Waals surface area contributed by atoms with Crippen LogP contribution in [0, 0.1) is 12.7 Å². The van der Waals surface area contributed by atoms with E-state index in [1.165, 1.54) is 6.20 Å². The Morgan fingerprint density at radius 1 is 1.32 bits per heavy atom. The van der Waals surface area contributed by atoms with E-state index in [2.05, 4.69) is 15.4 Å². The lowest BCUT2D eigenvalue weighted by atomic mass is 10.2. The fourth-order valence-corrected chi connectivity index (χ4v) is 5.26. The van der Waals surface area contributed by atoms with Crippen molar-refractivity contribution in [3.8, 4) is 0 Å². The van der Waals surface area contributed by atoms with E-state index in [1.54, 1.807) is 30.0 Å². The fraction of sp³-hybridized carbons (Fsp3) is 0.438. The van der Waals surface area contributed by atoms with Crippen molar-refractivity contribution in [3.63, 3.8) is 0 Å². The summed E-state index contributed by atoms with van der Waals surface area (Å²) in [4.78, 5) is 14.4. The third-order valence-corrected chi connectivity index (χ3v) is 6.54. The molecule has 1 amide bonds. The van der Waals surface area contributed by atoms with Crippen LogP contribution in [0.25, 0.3) is 0 Å². The maximum atomic E-state index is 14.4. The molecule has 7 nitrogen and oxygen atoms in total. The third-order valence-electron chi connectivity index (χ3n) is 4.87. The average Bonchev–Trinajstić information content (AvgIpc) is 3.22. The zero-order valence-electron chi connectivity index (χ0n) is 13.7. The topological polar surface area (TPSA) is 82.2 Å². The second-order valence-corrected chi connectivity index (χ2v) is 7.81. The molecule has 0 spiro atoms. The monoisotopic (exact) mass is 363 g/mol. The predicted molar refractivity (Wildman–Crippen MR) is 88.5 cm³/mol. The molecule has 0 radical (unpaired) electrons. The Balaban J connectivity index is 1.55. The number of piperazine rings is 1. The van der Waals surface area contributed by atoms with Crippen LogP contribution in [0.5, 0.6) is 0 Å². The van der Waals surface area contributed by atoms with Crippen LogP contribution in [0.2, 0.25) is 0 Å². The summed E-state index contributed by atoms with van der Waals surface area (Å²) in [5.41, 5.74) is 0.761. The molecule has 2 saturated heterocycles. The molecule has 2 aromatic rings. The molecule has 4 rings (SSSR count). The minimum atomic E-state index is -1.57. The zero-order valence-corrected chi connectivity index (χ0v) is 14.5. The number of carbonyl (C=O) groups excluding carboxylic acids is 1. The Bertz CT molecular complexity index is 814. The number of nitrogens with one attached hydrogen (secondary N) is 1. The van der Waals surface area contributed by atoms with E-state index in [4.69, 9.17) is 0 Å². The van der Waals surface area contributed by atoms with Gasteiger partial charge in [-0.2, -0.15) is 15.4 Å². The van der Waals surface area contributed by atoms with Crippen molar-refractivity contribution in [3.05, 3.63) is 41.5 Å². The molecular weight excluding hydrogens is 345 g/mol. The van der Waals surface area contributed by atoms with E-state index in [-0.39, 0.29) is 28.6 Å². The molecule has 0 aliphatic carbocycles. The first-order valence-corrected chi connectivity index (χ1v) is 9.27. The van der Waals surface area contributed by atoms with Gasteiger partial charge in [-0.05, 0) is 31.4 Å². The lowest BCUT2D eigenvalue weighted by molar-refractivity contribution is 0.0615. The van der Waals surface area contributed by atoms with Gasteiger partial charge in [0.15, 0.2) is 5.69 Å². The highest BCUT2D eigenvalue weighted by atomic mass is 32.2. The summed E-state index contributed by atoms with van der Waals surface area (Å²) in [7, 11) is -1.57. The van der Waals surface area contributed by atoms with Gasteiger partial charge >= 0.3 is 0 Å². The van der Waals surface area contributed by atoms with Gasteiger partial charge in [-0.15, -0.1) is 0 Å². The number of aryl methyl sites for hydroxylation is 1. The summed E-state index contributed by atoms with van der Waals surface area (Å²) in [5, 5.41) is 9.94. The smallest absolute Gasteiger partial charge is 0.276 e. The number of fused-ring (bicyclic) bond motifs is 2. The number of hydrogen-bond donors (Lipinski definition) is 1. The van der Waals surface area contributed by atoms with Crippen molar-refractivity contribution in [2.45, 2.75) is 36.7 Å². The Labute approximate surface area is 146 Å². The molecule has 3 heterocycles. The van der Waals surface area contributed by atoms with Crippen molar-refractivity contribution in [2.75, 3.05) is 13.1 Å². The molecule has 1 aromatic heterocycles. The van der Waals surface area contributed by atoms with Crippen LogP contribution in [0.4, 0.5) is 4.39 Å². The number of halogens is 1. The van der Waals surface area contributed by atoms with Crippen LogP contribution >= 0.6 is 0 Å². The highest BCUT2D eigenvalue weighted by Crippen LogP contribution is 2.34. The summed E-state index contributed by atoms with van der Waals surface area (Å²) in [5.74, 6) is -0.598. The first kappa shape index (κ1) is 16.3. The molecule has 1 aromatic carbocycles. The number of hydrogen-bond acceptors (Lipinski definition) is 4. The summed E-state index contributed by atoms with van der Waals surface area (Å²) in [6, 6.07) is 4.87. The van der Waals surface area contributed by atoms with Crippen LogP contribution in [0.15, 0.2) is 29.3 Å². The maximum Gasteiger partial charge on any atom is 0.276 e. The van der Waals surface area contributed by atoms with Crippen LogP contribution < -0.4 is 0 Å². The minimum Gasteiger partial charge on any atom is -0.334 e. The lowest BCUT2D eigenvalue weighted by Crippen LogP contribution is -2.55. The Morgan fingerprint density at radius 2 is 2.04 bits per heavy atom. The number of nitrogens with zero attached hydrogens (tertiary/aromatic N) is 4. The molecule has 2 aliphatic heterocycles. The Hall–Kier alpha value is -2.13. The van der Waals surface area contributed by atoms with E-state index in [0.29, 0.717) is 18.7 Å². The summed E-state index contributed by atoms with van der Waals surface area (Å²) in [6.45, 7) is 2.59. The number of amides is 1. The summed E-state index contributed by atoms with van der Waals surface area (Å²) < 4.78 is 29.2. The molecule has 25 heavy (non-hydrogen) atoms. The number of benzene rings is 1. The van der Waals surface area contributed by atoms with Crippen molar-refractivity contribution in [1.82, 2.24) is 24.6 Å². The molecule has 9 heteroatoms. The van der Waals surface area contributed by atoms with E-state index >= 15 is 0 Å². The number of aromatic nitrogens is 3. The number of rotatable bonds is 3. The largest absolute Gasteiger partial charge is 0.334 e. The molecule has 0 saturated carbocycles. The second kappa shape index (κ2) is 6.30. The normalized spacial score (nSPS) is 24.5. The van der Waals surface area contributed by atoms with Gasteiger partial charge in [0.2, 0.25) is 0 Å². The molecule has 2 fully saturated rings. The molecular formula is C16H18FN5O2S. The maximum absolute atomic E-state index is 14.4. The van der Waals surface area contributed by atoms with Crippen LogP contribution in [-0.4, -0.2) is 59.9 Å². The quantitative estimate of drug-likeness (QED) is 0.890. The highest BCUT2D eigenvalue weighted by molar-refractivity contribution is 7.82. The van der Waals surface area contributed by atoms with Gasteiger partial charge in [0.25, 0.3) is 5.91 Å². The zero-order chi connectivity index (χ0) is 17.6. The number of carbonyl (C=O) groups is 1. The molecule has 3 atom stereocenters. The third kappa shape index (κ3) is 2.77. The SMILES string of the molecule is Cc1cccc(S(=O)N2C3CCC2CN(C(=O)c2cn[nH]n2)C3)c1F. The van der Waals surface area contributed by atoms with Gasteiger partial charge in [-0.3, -0.25) is 4.79 Å². The van der Waals surface area contributed by atoms with E-state index < -0.39 is 16.8 Å². The van der Waals surface area contributed by atoms with Gasteiger partial charge in [0, 0.05) is 25.2 Å². The summed E-state index contributed by atoms with van der Waals surface area (Å²) in [6.07, 6.45) is 3.08. The first-order chi connectivity index (χ1) is 12.1. The molecule has 2 aliphatic rings. The standard InChI is InChI=1S/C16H18FN5O2S/c1-10-3-2-4-14(15(10)17)25(24)22-11-5-6-12(22)9-21(8-11)16(23)13-7-18-20-19-13/h2-4,7,11-12H,5-6,8-9H2,1H3,(H,18,19,20). The fourth-order valence-electron chi connectivity index (χ4n) is 3.64. The average molecular weight is 363 g/mol. The number of H-pyrrole nitrogens is 1. The van der Waals surface area contributed by atoms with Gasteiger partial charge in [-0.1, -0.05) is 12.1 Å². The van der Waals surface area contributed by atoms with Crippen molar-refractivity contribution >= 4 is 16.9 Å². The Morgan fingerprint density at radius 3 is 2.68 bits per heavy atom. The number of aromatic amines is 1. The van der Waals surface area contributed by atoms with Gasteiger partial charge in [0.05, 0.1) is 11.1 Å². The Kier molecular flexibility index (Phi) is 4.12. The van der Waals surface area contributed by atoms with E-state index in [0.717, 1.165) is 12.8 Å². The first-order valence-electron chi connectivity index (χ1n) is 8.16. The van der Waals surface area contributed by atoms with Crippen molar-refractivity contribution in [1.29, 1.82) is 0 Å². The summed E-state index contributed by atoms with van der Waals surface area (Å²) >= 11 is 0. The highest BCUT2D eigenvalue weighted by Gasteiger charge is 2.45. The van der Waals surface area contributed by atoms with Crippen LogP contribution in [0.1, 0.15) is 28.9 Å². The van der Waals surface area contributed by atoms with Crippen LogP contribution in [-0.2, 0) is 11.0 Å². The van der Waals surface area contributed by atoms with Crippen molar-refractivity contribution < 1.29 is 13.4 Å². The lowest BCUT2D eigenvalue weighted by Gasteiger charge is -2.39. The minimum absolute atomic E-state index is 0.0460. The second-order valence-electron chi connectivity index (χ2n) is 6.45. The molecule has 132 valence electrons. The predicted octanol–water partition coefficient (Wildman–Crippen LogP) is 1.26. The molecule has 2 bridgehead atoms. The van der Waals surface area contributed by atoms with Gasteiger partial charge in [-0.25, -0.2) is 12.9 Å². The molecule has 1 N–H and O–H groups in total. The number of likely N-dealkylation sites (tertiary alicyclic amines) is 1. The van der Waals surface area contributed by atoms with Crippen molar-refractivity contribution in [2.24, 2.45) is 0 Å². The van der Waals surface area contributed by atoms with E-state index in [9.17, 15) is 13.4 Å². The van der Waals surface area contributed by atoms with Gasteiger partial charge < -0.3 is 4.90 Å².